The number of benzene rings is 2. The standard InChI is InChI=1S/C24H24F3N3O3S/c25-24(26,27)18-7-5-17(6-8-18)15-21-23(32)30(19-3-1-2-4-20(19)34-21)16-22(31)28-9-10-29-11-13-33-14-12-29/h1-8,15H,9-14,16H2,(H,28,31)/b21-15+. The second kappa shape index (κ2) is 10.6. The topological polar surface area (TPSA) is 61.9 Å². The first-order valence-corrected chi connectivity index (χ1v) is 11.7. The fourth-order valence-electron chi connectivity index (χ4n) is 3.72. The second-order valence-electron chi connectivity index (χ2n) is 7.89. The summed E-state index contributed by atoms with van der Waals surface area (Å²) in [7, 11) is 0. The number of alkyl halides is 3. The highest BCUT2D eigenvalue weighted by atomic mass is 32.2. The highest BCUT2D eigenvalue weighted by Crippen LogP contribution is 2.42. The summed E-state index contributed by atoms with van der Waals surface area (Å²) in [5, 5.41) is 2.87. The lowest BCUT2D eigenvalue weighted by molar-refractivity contribution is -0.137. The lowest BCUT2D eigenvalue weighted by Gasteiger charge is -2.30. The van der Waals surface area contributed by atoms with Crippen molar-refractivity contribution in [2.75, 3.05) is 50.8 Å². The van der Waals surface area contributed by atoms with Crippen molar-refractivity contribution in [3.05, 3.63) is 64.6 Å². The molecule has 0 bridgehead atoms. The van der Waals surface area contributed by atoms with Gasteiger partial charge in [0, 0.05) is 31.1 Å². The molecule has 0 aromatic heterocycles. The van der Waals surface area contributed by atoms with E-state index in [1.807, 2.05) is 12.1 Å². The highest BCUT2D eigenvalue weighted by molar-refractivity contribution is 8.04. The van der Waals surface area contributed by atoms with Crippen LogP contribution in [0.4, 0.5) is 18.9 Å². The summed E-state index contributed by atoms with van der Waals surface area (Å²) in [6.45, 7) is 4.02. The number of thioether (sulfide) groups is 1. The third-order valence-electron chi connectivity index (χ3n) is 5.52. The maximum Gasteiger partial charge on any atom is 0.416 e. The number of hydrogen-bond donors (Lipinski definition) is 1. The number of carbonyl (C=O) groups is 2. The Labute approximate surface area is 199 Å². The zero-order valence-corrected chi connectivity index (χ0v) is 19.1. The molecule has 0 spiro atoms. The molecule has 0 unspecified atom stereocenters. The average Bonchev–Trinajstić information content (AvgIpc) is 2.82. The lowest BCUT2D eigenvalue weighted by atomic mass is 10.1. The molecule has 1 fully saturated rings. The van der Waals surface area contributed by atoms with E-state index in [1.54, 1.807) is 18.2 Å². The Morgan fingerprint density at radius 3 is 2.50 bits per heavy atom. The van der Waals surface area contributed by atoms with E-state index >= 15 is 0 Å². The molecule has 1 N–H and O–H groups in total. The van der Waals surface area contributed by atoms with Gasteiger partial charge in [0.25, 0.3) is 5.91 Å². The van der Waals surface area contributed by atoms with Crippen LogP contribution >= 0.6 is 11.8 Å². The molecule has 0 radical (unpaired) electrons. The van der Waals surface area contributed by atoms with Crippen molar-refractivity contribution in [1.82, 2.24) is 10.2 Å². The summed E-state index contributed by atoms with van der Waals surface area (Å²) in [4.78, 5) is 30.6. The van der Waals surface area contributed by atoms with Crippen molar-refractivity contribution < 1.29 is 27.5 Å². The molecule has 2 amide bonds. The number of hydrogen-bond acceptors (Lipinski definition) is 5. The molecule has 1 saturated heterocycles. The van der Waals surface area contributed by atoms with Crippen LogP contribution in [0, 0.1) is 0 Å². The van der Waals surface area contributed by atoms with Crippen molar-refractivity contribution in [2.24, 2.45) is 0 Å². The van der Waals surface area contributed by atoms with Gasteiger partial charge >= 0.3 is 6.18 Å². The van der Waals surface area contributed by atoms with Gasteiger partial charge in [-0.05, 0) is 35.9 Å². The summed E-state index contributed by atoms with van der Waals surface area (Å²) < 4.78 is 43.9. The van der Waals surface area contributed by atoms with Crippen LogP contribution < -0.4 is 10.2 Å². The maximum atomic E-state index is 13.2. The molecule has 6 nitrogen and oxygen atoms in total. The minimum atomic E-state index is -4.42. The van der Waals surface area contributed by atoms with Crippen molar-refractivity contribution in [3.8, 4) is 0 Å². The molecule has 2 heterocycles. The Morgan fingerprint density at radius 1 is 1.09 bits per heavy atom. The van der Waals surface area contributed by atoms with E-state index in [0.717, 1.165) is 30.1 Å². The first-order chi connectivity index (χ1) is 16.3. The number of fused-ring (bicyclic) bond motifs is 1. The van der Waals surface area contributed by atoms with Crippen LogP contribution in [0.15, 0.2) is 58.3 Å². The van der Waals surface area contributed by atoms with E-state index < -0.39 is 11.7 Å². The van der Waals surface area contributed by atoms with Gasteiger partial charge in [-0.3, -0.25) is 19.4 Å². The van der Waals surface area contributed by atoms with E-state index in [2.05, 4.69) is 10.2 Å². The number of ether oxygens (including phenoxy) is 1. The summed E-state index contributed by atoms with van der Waals surface area (Å²) in [5.74, 6) is -0.649. The van der Waals surface area contributed by atoms with Crippen LogP contribution in [-0.4, -0.2) is 62.7 Å². The van der Waals surface area contributed by atoms with Gasteiger partial charge < -0.3 is 10.1 Å². The number of rotatable bonds is 6. The smallest absolute Gasteiger partial charge is 0.379 e. The predicted octanol–water partition coefficient (Wildman–Crippen LogP) is 3.63. The van der Waals surface area contributed by atoms with Crippen LogP contribution in [0.25, 0.3) is 6.08 Å². The van der Waals surface area contributed by atoms with Crippen LogP contribution in [0.2, 0.25) is 0 Å². The molecule has 0 saturated carbocycles. The SMILES string of the molecule is O=C(CN1C(=O)/C(=C\c2ccc(C(F)(F)F)cc2)Sc2ccccc21)NCCN1CCOCC1. The predicted molar refractivity (Wildman–Crippen MR) is 124 cm³/mol. The zero-order valence-electron chi connectivity index (χ0n) is 18.3. The molecule has 2 aliphatic heterocycles. The zero-order chi connectivity index (χ0) is 24.1. The Morgan fingerprint density at radius 2 is 1.79 bits per heavy atom. The number of morpholine rings is 1. The average molecular weight is 492 g/mol. The van der Waals surface area contributed by atoms with E-state index in [-0.39, 0.29) is 18.4 Å². The number of nitrogens with one attached hydrogen (secondary N) is 1. The molecule has 10 heteroatoms. The number of halogens is 3. The van der Waals surface area contributed by atoms with Crippen molar-refractivity contribution in [1.29, 1.82) is 0 Å². The lowest BCUT2D eigenvalue weighted by Crippen LogP contribution is -2.45. The van der Waals surface area contributed by atoms with Gasteiger partial charge in [0.1, 0.15) is 6.54 Å². The number of para-hydroxylation sites is 1. The third-order valence-corrected chi connectivity index (χ3v) is 6.60. The van der Waals surface area contributed by atoms with Gasteiger partial charge in [0.15, 0.2) is 0 Å². The quantitative estimate of drug-likeness (QED) is 0.626. The van der Waals surface area contributed by atoms with Crippen LogP contribution in [0.5, 0.6) is 0 Å². The molecule has 0 aliphatic carbocycles. The Balaban J connectivity index is 1.46. The molecular weight excluding hydrogens is 467 g/mol. The van der Waals surface area contributed by atoms with E-state index in [0.29, 0.717) is 42.5 Å². The largest absolute Gasteiger partial charge is 0.416 e. The molecule has 0 atom stereocenters. The molecule has 180 valence electrons. The Bertz CT molecular complexity index is 1070. The molecule has 2 aromatic carbocycles. The maximum absolute atomic E-state index is 13.2. The minimum Gasteiger partial charge on any atom is -0.379 e. The molecule has 34 heavy (non-hydrogen) atoms. The van der Waals surface area contributed by atoms with Crippen LogP contribution in [-0.2, 0) is 20.5 Å². The van der Waals surface area contributed by atoms with Gasteiger partial charge in [-0.15, -0.1) is 0 Å². The normalized spacial score (nSPS) is 18.1. The third kappa shape index (κ3) is 5.99. The van der Waals surface area contributed by atoms with Crippen molar-refractivity contribution in [3.63, 3.8) is 0 Å². The van der Waals surface area contributed by atoms with Crippen LogP contribution in [0.1, 0.15) is 11.1 Å². The summed E-state index contributed by atoms with van der Waals surface area (Å²) >= 11 is 1.23. The second-order valence-corrected chi connectivity index (χ2v) is 8.98. The monoisotopic (exact) mass is 491 g/mol. The Kier molecular flexibility index (Phi) is 7.60. The summed E-state index contributed by atoms with van der Waals surface area (Å²) in [6.07, 6.45) is -2.88. The number of anilines is 1. The summed E-state index contributed by atoms with van der Waals surface area (Å²) in [6, 6.07) is 11.9. The van der Waals surface area contributed by atoms with Crippen molar-refractivity contribution >= 4 is 35.3 Å². The van der Waals surface area contributed by atoms with Gasteiger partial charge in [-0.25, -0.2) is 0 Å². The van der Waals surface area contributed by atoms with E-state index in [1.165, 1.54) is 28.8 Å². The summed E-state index contributed by atoms with van der Waals surface area (Å²) in [5.41, 5.74) is 0.349. The molecular formula is C24H24F3N3O3S. The van der Waals surface area contributed by atoms with Gasteiger partial charge in [-0.1, -0.05) is 36.0 Å². The van der Waals surface area contributed by atoms with Gasteiger partial charge in [-0.2, -0.15) is 13.2 Å². The van der Waals surface area contributed by atoms with Gasteiger partial charge in [0.2, 0.25) is 5.91 Å². The van der Waals surface area contributed by atoms with E-state index in [9.17, 15) is 22.8 Å². The van der Waals surface area contributed by atoms with Crippen LogP contribution in [0.3, 0.4) is 0 Å². The molecule has 2 aliphatic rings. The minimum absolute atomic E-state index is 0.149. The Hall–Kier alpha value is -2.82. The first kappa shape index (κ1) is 24.3. The van der Waals surface area contributed by atoms with Crippen molar-refractivity contribution in [2.45, 2.75) is 11.1 Å². The fraction of sp³-hybridized carbons (Fsp3) is 0.333. The van der Waals surface area contributed by atoms with Gasteiger partial charge in [0.05, 0.1) is 29.4 Å². The number of nitrogens with zero attached hydrogens (tertiary/aromatic N) is 2. The van der Waals surface area contributed by atoms with E-state index in [4.69, 9.17) is 4.74 Å². The molecule has 2 aromatic rings. The number of amides is 2. The molecule has 4 rings (SSSR count). The first-order valence-electron chi connectivity index (χ1n) is 10.9. The number of carbonyl (C=O) groups excluding carboxylic acids is 2. The highest BCUT2D eigenvalue weighted by Gasteiger charge is 2.31. The fourth-order valence-corrected chi connectivity index (χ4v) is 4.78.